The molecule has 2 aromatic rings. The first-order chi connectivity index (χ1) is 8.65. The average molecular weight is 260 g/mol. The fraction of sp³-hybridized carbons (Fsp3) is 0.385. The third-order valence-corrected chi connectivity index (χ3v) is 4.49. The maximum Gasteiger partial charge on any atom is 0.210 e. The predicted molar refractivity (Wildman–Crippen MR) is 74.3 cm³/mol. The zero-order valence-electron chi connectivity index (χ0n) is 10.7. The monoisotopic (exact) mass is 260 g/mol. The lowest BCUT2D eigenvalue weighted by molar-refractivity contribution is 0.618. The van der Waals surface area contributed by atoms with E-state index in [1.54, 1.807) is 11.8 Å². The summed E-state index contributed by atoms with van der Waals surface area (Å²) >= 11 is 1.77. The molecule has 5 heteroatoms. The first kappa shape index (κ1) is 11.6. The number of aromatic nitrogens is 3. The molecular weight excluding hydrogens is 244 g/mol. The second kappa shape index (κ2) is 4.31. The number of fused-ring (bicyclic) bond motifs is 1. The van der Waals surface area contributed by atoms with Crippen molar-refractivity contribution in [1.29, 1.82) is 0 Å². The minimum absolute atomic E-state index is 0.405. The smallest absolute Gasteiger partial charge is 0.210 e. The number of hydrogen-bond donors (Lipinski definition) is 1. The van der Waals surface area contributed by atoms with E-state index in [1.165, 1.54) is 5.56 Å². The first-order valence-electron chi connectivity index (χ1n) is 6.11. The van der Waals surface area contributed by atoms with E-state index in [0.29, 0.717) is 11.3 Å². The van der Waals surface area contributed by atoms with Crippen molar-refractivity contribution < 1.29 is 0 Å². The van der Waals surface area contributed by atoms with Crippen LogP contribution in [0.25, 0.3) is 11.4 Å². The molecule has 2 unspecified atom stereocenters. The van der Waals surface area contributed by atoms with E-state index in [2.05, 4.69) is 54.6 Å². The predicted octanol–water partition coefficient (Wildman–Crippen LogP) is 2.68. The molecule has 2 atom stereocenters. The number of nitrogens with one attached hydrogen (secondary N) is 1. The number of benzene rings is 1. The maximum atomic E-state index is 4.31. The van der Waals surface area contributed by atoms with Crippen LogP contribution in [0, 0.1) is 6.92 Å². The quantitative estimate of drug-likeness (QED) is 0.856. The third kappa shape index (κ3) is 1.88. The summed E-state index contributed by atoms with van der Waals surface area (Å²) in [6.45, 7) is 6.47. The summed E-state index contributed by atoms with van der Waals surface area (Å²) in [6.07, 6.45) is 0. The molecule has 3 rings (SSSR count). The van der Waals surface area contributed by atoms with Gasteiger partial charge in [0.25, 0.3) is 0 Å². The van der Waals surface area contributed by atoms with Crippen molar-refractivity contribution in [1.82, 2.24) is 14.9 Å². The summed E-state index contributed by atoms with van der Waals surface area (Å²) in [5.41, 5.74) is 5.78. The van der Waals surface area contributed by atoms with Crippen LogP contribution in [0.3, 0.4) is 0 Å². The molecule has 94 valence electrons. The molecule has 1 aromatic heterocycles. The van der Waals surface area contributed by atoms with Gasteiger partial charge < -0.3 is 5.43 Å². The van der Waals surface area contributed by atoms with E-state index in [1.807, 2.05) is 10.7 Å². The Morgan fingerprint density at radius 1 is 1.28 bits per heavy atom. The molecule has 0 fully saturated rings. The molecule has 1 N–H and O–H groups in total. The molecule has 1 aliphatic rings. The van der Waals surface area contributed by atoms with Crippen LogP contribution in [0.1, 0.15) is 19.4 Å². The highest BCUT2D eigenvalue weighted by Crippen LogP contribution is 2.31. The fourth-order valence-electron chi connectivity index (χ4n) is 2.01. The van der Waals surface area contributed by atoms with E-state index in [0.717, 1.165) is 16.5 Å². The lowest BCUT2D eigenvalue weighted by Gasteiger charge is -2.28. The van der Waals surface area contributed by atoms with Crippen molar-refractivity contribution in [3.63, 3.8) is 0 Å². The Kier molecular flexibility index (Phi) is 2.78. The Labute approximate surface area is 111 Å². The molecule has 18 heavy (non-hydrogen) atoms. The number of thioether (sulfide) groups is 1. The van der Waals surface area contributed by atoms with Gasteiger partial charge in [-0.05, 0) is 19.9 Å². The van der Waals surface area contributed by atoms with Crippen molar-refractivity contribution in [3.05, 3.63) is 29.8 Å². The van der Waals surface area contributed by atoms with Crippen molar-refractivity contribution in [2.75, 3.05) is 5.43 Å². The van der Waals surface area contributed by atoms with E-state index in [-0.39, 0.29) is 0 Å². The molecule has 0 radical (unpaired) electrons. The molecule has 1 aromatic carbocycles. The van der Waals surface area contributed by atoms with Gasteiger partial charge in [0.05, 0.1) is 6.04 Å². The Morgan fingerprint density at radius 2 is 2.11 bits per heavy atom. The normalized spacial score (nSPS) is 22.4. The topological polar surface area (TPSA) is 42.7 Å². The van der Waals surface area contributed by atoms with Crippen molar-refractivity contribution in [2.45, 2.75) is 37.2 Å². The molecule has 0 spiro atoms. The lowest BCUT2D eigenvalue weighted by Crippen LogP contribution is -2.37. The minimum Gasteiger partial charge on any atom is -0.318 e. The number of hydrogen-bond acceptors (Lipinski definition) is 4. The van der Waals surface area contributed by atoms with Crippen LogP contribution in [0.4, 0.5) is 0 Å². The standard InChI is InChI=1S/C13H16N4S/c1-8-5-4-6-11(7-8)12-14-15-13-17(12)16-9(2)10(3)18-13/h4-7,9-10,16H,1-3H3. The SMILES string of the molecule is Cc1cccc(-c2nnc3n2NC(C)C(C)S3)c1. The number of nitrogens with zero attached hydrogens (tertiary/aromatic N) is 3. The second-order valence-corrected chi connectivity index (χ2v) is 6.10. The second-order valence-electron chi connectivity index (χ2n) is 4.75. The molecule has 0 saturated carbocycles. The van der Waals surface area contributed by atoms with Gasteiger partial charge in [0.2, 0.25) is 5.16 Å². The van der Waals surface area contributed by atoms with Crippen molar-refractivity contribution in [2.24, 2.45) is 0 Å². The fourth-order valence-corrected chi connectivity index (χ4v) is 2.94. The molecule has 0 aliphatic carbocycles. The number of rotatable bonds is 1. The van der Waals surface area contributed by atoms with Crippen LogP contribution >= 0.6 is 11.8 Å². The third-order valence-electron chi connectivity index (χ3n) is 3.24. The van der Waals surface area contributed by atoms with Gasteiger partial charge in [-0.25, -0.2) is 4.68 Å². The van der Waals surface area contributed by atoms with Crippen LogP contribution in [0.2, 0.25) is 0 Å². The number of aryl methyl sites for hydroxylation is 1. The van der Waals surface area contributed by atoms with Crippen LogP contribution in [0.5, 0.6) is 0 Å². The van der Waals surface area contributed by atoms with Crippen LogP contribution in [-0.4, -0.2) is 26.2 Å². The lowest BCUT2D eigenvalue weighted by atomic mass is 10.1. The largest absolute Gasteiger partial charge is 0.318 e. The Bertz CT molecular complexity index is 578. The summed E-state index contributed by atoms with van der Waals surface area (Å²) in [7, 11) is 0. The molecule has 0 bridgehead atoms. The average Bonchev–Trinajstić information content (AvgIpc) is 2.73. The zero-order valence-corrected chi connectivity index (χ0v) is 11.5. The van der Waals surface area contributed by atoms with E-state index < -0.39 is 0 Å². The van der Waals surface area contributed by atoms with E-state index >= 15 is 0 Å². The maximum absolute atomic E-state index is 4.31. The van der Waals surface area contributed by atoms with Crippen LogP contribution in [0.15, 0.2) is 29.4 Å². The van der Waals surface area contributed by atoms with Gasteiger partial charge in [-0.15, -0.1) is 10.2 Å². The molecular formula is C13H16N4S. The van der Waals surface area contributed by atoms with Gasteiger partial charge in [0, 0.05) is 10.8 Å². The molecule has 0 amide bonds. The van der Waals surface area contributed by atoms with Gasteiger partial charge >= 0.3 is 0 Å². The summed E-state index contributed by atoms with van der Waals surface area (Å²) in [5.74, 6) is 0.889. The first-order valence-corrected chi connectivity index (χ1v) is 6.99. The Hall–Kier alpha value is -1.49. The highest BCUT2D eigenvalue weighted by Gasteiger charge is 2.26. The summed E-state index contributed by atoms with van der Waals surface area (Å²) < 4.78 is 2.00. The summed E-state index contributed by atoms with van der Waals surface area (Å²) in [6, 6.07) is 8.74. The molecule has 2 heterocycles. The van der Waals surface area contributed by atoms with Gasteiger partial charge in [0.1, 0.15) is 0 Å². The van der Waals surface area contributed by atoms with Crippen molar-refractivity contribution in [3.8, 4) is 11.4 Å². The molecule has 0 saturated heterocycles. The minimum atomic E-state index is 0.405. The van der Waals surface area contributed by atoms with Crippen LogP contribution < -0.4 is 5.43 Å². The van der Waals surface area contributed by atoms with E-state index in [4.69, 9.17) is 0 Å². The van der Waals surface area contributed by atoms with Crippen molar-refractivity contribution >= 4 is 11.8 Å². The highest BCUT2D eigenvalue weighted by atomic mass is 32.2. The molecule has 4 nitrogen and oxygen atoms in total. The Balaban J connectivity index is 2.05. The van der Waals surface area contributed by atoms with Gasteiger partial charge in [-0.3, -0.25) is 0 Å². The van der Waals surface area contributed by atoms with Crippen LogP contribution in [-0.2, 0) is 0 Å². The van der Waals surface area contributed by atoms with E-state index in [9.17, 15) is 0 Å². The van der Waals surface area contributed by atoms with Gasteiger partial charge in [-0.2, -0.15) is 0 Å². The van der Waals surface area contributed by atoms with Gasteiger partial charge in [0.15, 0.2) is 5.82 Å². The highest BCUT2D eigenvalue weighted by molar-refractivity contribution is 7.99. The van der Waals surface area contributed by atoms with Gasteiger partial charge in [-0.1, -0.05) is 42.4 Å². The summed E-state index contributed by atoms with van der Waals surface area (Å²) in [4.78, 5) is 0. The zero-order chi connectivity index (χ0) is 12.7. The Morgan fingerprint density at radius 3 is 2.89 bits per heavy atom. The molecule has 1 aliphatic heterocycles. The summed E-state index contributed by atoms with van der Waals surface area (Å²) in [5, 5.41) is 10.0.